The highest BCUT2D eigenvalue weighted by Gasteiger charge is 2.38. The molecule has 4 heteroatoms. The fourth-order valence-corrected chi connectivity index (χ4v) is 4.16. The first-order valence-electron chi connectivity index (χ1n) is 8.87. The van der Waals surface area contributed by atoms with Crippen LogP contribution in [0.25, 0.3) is 0 Å². The van der Waals surface area contributed by atoms with E-state index in [2.05, 4.69) is 28.8 Å². The van der Waals surface area contributed by atoms with Crippen LogP contribution in [0.15, 0.2) is 24.3 Å². The number of ether oxygens (including phenoxy) is 1. The van der Waals surface area contributed by atoms with Gasteiger partial charge in [0, 0.05) is 36.5 Å². The van der Waals surface area contributed by atoms with Gasteiger partial charge < -0.3 is 15.4 Å². The van der Waals surface area contributed by atoms with Gasteiger partial charge in [0.15, 0.2) is 0 Å². The molecule has 3 rings (SSSR count). The second-order valence-electron chi connectivity index (χ2n) is 6.96. The fourth-order valence-electron chi connectivity index (χ4n) is 4.16. The highest BCUT2D eigenvalue weighted by Crippen LogP contribution is 2.44. The van der Waals surface area contributed by atoms with Gasteiger partial charge in [-0.1, -0.05) is 31.0 Å². The average molecular weight is 316 g/mol. The first-order valence-corrected chi connectivity index (χ1v) is 8.87. The Morgan fingerprint density at radius 2 is 2.04 bits per heavy atom. The van der Waals surface area contributed by atoms with E-state index in [1.165, 1.54) is 31.2 Å². The van der Waals surface area contributed by atoms with Crippen molar-refractivity contribution >= 4 is 5.91 Å². The van der Waals surface area contributed by atoms with E-state index < -0.39 is 0 Å². The van der Waals surface area contributed by atoms with Crippen molar-refractivity contribution in [1.29, 1.82) is 0 Å². The highest BCUT2D eigenvalue weighted by atomic mass is 16.5. The third-order valence-electron chi connectivity index (χ3n) is 5.45. The summed E-state index contributed by atoms with van der Waals surface area (Å²) in [4.78, 5) is 11.8. The molecule has 0 spiro atoms. The minimum Gasteiger partial charge on any atom is -0.496 e. The number of carbonyl (C=O) groups is 1. The van der Waals surface area contributed by atoms with Crippen molar-refractivity contribution < 1.29 is 9.53 Å². The molecule has 0 radical (unpaired) electrons. The van der Waals surface area contributed by atoms with E-state index in [-0.39, 0.29) is 11.3 Å². The molecule has 1 saturated carbocycles. The van der Waals surface area contributed by atoms with Crippen LogP contribution in [0.3, 0.4) is 0 Å². The van der Waals surface area contributed by atoms with Crippen molar-refractivity contribution in [3.63, 3.8) is 0 Å². The molecule has 0 bridgehead atoms. The normalized spacial score (nSPS) is 24.0. The molecule has 1 amide bonds. The summed E-state index contributed by atoms with van der Waals surface area (Å²) in [5.41, 5.74) is 1.47. The van der Waals surface area contributed by atoms with E-state index in [9.17, 15) is 4.79 Å². The van der Waals surface area contributed by atoms with Gasteiger partial charge in [-0.25, -0.2) is 0 Å². The second kappa shape index (κ2) is 7.35. The molecule has 1 heterocycles. The van der Waals surface area contributed by atoms with E-state index >= 15 is 0 Å². The third kappa shape index (κ3) is 3.69. The minimum absolute atomic E-state index is 0.148. The van der Waals surface area contributed by atoms with Gasteiger partial charge in [-0.3, -0.25) is 4.79 Å². The van der Waals surface area contributed by atoms with Gasteiger partial charge in [-0.2, -0.15) is 0 Å². The van der Waals surface area contributed by atoms with Gasteiger partial charge in [-0.05, 0) is 31.7 Å². The molecular weight excluding hydrogens is 288 g/mol. The van der Waals surface area contributed by atoms with E-state index in [1.54, 1.807) is 7.11 Å². The Hall–Kier alpha value is -1.55. The maximum Gasteiger partial charge on any atom is 0.221 e. The van der Waals surface area contributed by atoms with Gasteiger partial charge in [0.1, 0.15) is 5.75 Å². The SMILES string of the molecule is COc1ccccc1C1(CN[C@@H]2CCCNC(=O)C2)CCCC1. The van der Waals surface area contributed by atoms with Gasteiger partial charge in [-0.15, -0.1) is 0 Å². The molecule has 2 aliphatic rings. The topological polar surface area (TPSA) is 50.4 Å². The molecule has 1 aromatic carbocycles. The zero-order valence-corrected chi connectivity index (χ0v) is 14.1. The number of benzene rings is 1. The molecule has 2 fully saturated rings. The Morgan fingerprint density at radius 3 is 2.83 bits per heavy atom. The number of nitrogens with one attached hydrogen (secondary N) is 2. The largest absolute Gasteiger partial charge is 0.496 e. The molecule has 1 atom stereocenters. The summed E-state index contributed by atoms with van der Waals surface area (Å²) in [6.45, 7) is 1.75. The lowest BCUT2D eigenvalue weighted by Crippen LogP contribution is -2.42. The molecule has 1 aliphatic carbocycles. The van der Waals surface area contributed by atoms with Crippen LogP contribution in [0.1, 0.15) is 50.5 Å². The molecule has 1 aromatic rings. The summed E-state index contributed by atoms with van der Waals surface area (Å²) in [6, 6.07) is 8.72. The van der Waals surface area contributed by atoms with Crippen LogP contribution < -0.4 is 15.4 Å². The standard InChI is InChI=1S/C19H28N2O2/c1-23-17-9-3-2-8-16(17)19(10-4-5-11-19)14-21-15-7-6-12-20-18(22)13-15/h2-3,8-9,15,21H,4-7,10-14H2,1H3,(H,20,22)/t15-/m1/s1. The van der Waals surface area contributed by atoms with Crippen LogP contribution in [0.4, 0.5) is 0 Å². The number of para-hydroxylation sites is 1. The number of hydrogen-bond donors (Lipinski definition) is 2. The molecule has 1 saturated heterocycles. The maximum absolute atomic E-state index is 11.8. The lowest BCUT2D eigenvalue weighted by atomic mass is 9.78. The quantitative estimate of drug-likeness (QED) is 0.878. The summed E-state index contributed by atoms with van der Waals surface area (Å²) in [5, 5.41) is 6.67. The predicted octanol–water partition coefficient (Wildman–Crippen LogP) is 2.77. The van der Waals surface area contributed by atoms with Crippen LogP contribution >= 0.6 is 0 Å². The Morgan fingerprint density at radius 1 is 1.26 bits per heavy atom. The van der Waals surface area contributed by atoms with Crippen molar-refractivity contribution in [2.24, 2.45) is 0 Å². The minimum atomic E-state index is 0.148. The molecule has 126 valence electrons. The van der Waals surface area contributed by atoms with Gasteiger partial charge in [0.2, 0.25) is 5.91 Å². The van der Waals surface area contributed by atoms with Gasteiger partial charge in [0.25, 0.3) is 0 Å². The smallest absolute Gasteiger partial charge is 0.221 e. The van der Waals surface area contributed by atoms with Crippen LogP contribution in [-0.4, -0.2) is 32.1 Å². The lowest BCUT2D eigenvalue weighted by molar-refractivity contribution is -0.121. The van der Waals surface area contributed by atoms with Crippen LogP contribution in [0.2, 0.25) is 0 Å². The van der Waals surface area contributed by atoms with E-state index in [0.29, 0.717) is 12.5 Å². The lowest BCUT2D eigenvalue weighted by Gasteiger charge is -2.33. The summed E-state index contributed by atoms with van der Waals surface area (Å²) in [7, 11) is 1.75. The average Bonchev–Trinajstić information content (AvgIpc) is 2.96. The monoisotopic (exact) mass is 316 g/mol. The third-order valence-corrected chi connectivity index (χ3v) is 5.45. The number of methoxy groups -OCH3 is 1. The van der Waals surface area contributed by atoms with Gasteiger partial charge >= 0.3 is 0 Å². The molecule has 2 N–H and O–H groups in total. The molecule has 0 unspecified atom stereocenters. The van der Waals surface area contributed by atoms with Crippen LogP contribution in [0, 0.1) is 0 Å². The fraction of sp³-hybridized carbons (Fsp3) is 0.632. The Labute approximate surface area is 139 Å². The zero-order valence-electron chi connectivity index (χ0n) is 14.1. The van der Waals surface area contributed by atoms with Gasteiger partial charge in [0.05, 0.1) is 7.11 Å². The maximum atomic E-state index is 11.8. The Bertz CT molecular complexity index is 538. The summed E-state index contributed by atoms with van der Waals surface area (Å²) in [5.74, 6) is 1.17. The van der Waals surface area contributed by atoms with E-state index in [1.807, 2.05) is 6.07 Å². The number of hydrogen-bond acceptors (Lipinski definition) is 3. The number of carbonyl (C=O) groups excluding carboxylic acids is 1. The second-order valence-corrected chi connectivity index (χ2v) is 6.96. The highest BCUT2D eigenvalue weighted by molar-refractivity contribution is 5.76. The first kappa shape index (κ1) is 16.3. The van der Waals surface area contributed by atoms with Crippen molar-refractivity contribution in [1.82, 2.24) is 10.6 Å². The Balaban J connectivity index is 1.75. The predicted molar refractivity (Wildman–Crippen MR) is 91.8 cm³/mol. The number of amides is 1. The molecule has 23 heavy (non-hydrogen) atoms. The van der Waals surface area contributed by atoms with E-state index in [4.69, 9.17) is 4.74 Å². The van der Waals surface area contributed by atoms with Crippen LogP contribution in [0.5, 0.6) is 5.75 Å². The first-order chi connectivity index (χ1) is 11.2. The molecule has 0 aromatic heterocycles. The van der Waals surface area contributed by atoms with Crippen molar-refractivity contribution in [3.8, 4) is 5.75 Å². The van der Waals surface area contributed by atoms with E-state index in [0.717, 1.165) is 31.7 Å². The Kier molecular flexibility index (Phi) is 5.21. The zero-order chi connectivity index (χ0) is 16.1. The summed E-state index contributed by atoms with van der Waals surface area (Å²) >= 11 is 0. The van der Waals surface area contributed by atoms with Crippen molar-refractivity contribution in [2.45, 2.75) is 56.4 Å². The van der Waals surface area contributed by atoms with Crippen LogP contribution in [-0.2, 0) is 10.2 Å². The van der Waals surface area contributed by atoms with Crippen molar-refractivity contribution in [2.75, 3.05) is 20.2 Å². The number of rotatable bonds is 5. The summed E-state index contributed by atoms with van der Waals surface area (Å²) < 4.78 is 5.62. The molecular formula is C19H28N2O2. The molecule has 1 aliphatic heterocycles. The summed E-state index contributed by atoms with van der Waals surface area (Å²) in [6.07, 6.45) is 7.65. The van der Waals surface area contributed by atoms with Crippen molar-refractivity contribution in [3.05, 3.63) is 29.8 Å². The molecule has 4 nitrogen and oxygen atoms in total.